The van der Waals surface area contributed by atoms with Gasteiger partial charge in [-0.3, -0.25) is 0 Å². The van der Waals surface area contributed by atoms with Crippen molar-refractivity contribution in [2.45, 2.75) is 545 Å². The normalized spacial score (nSPS) is 20.4. The molecular weight excluding hydrogens is 1820 g/mol. The molecule has 0 bridgehead atoms. The third-order valence-electron chi connectivity index (χ3n) is 32.5. The van der Waals surface area contributed by atoms with Crippen molar-refractivity contribution in [3.63, 3.8) is 0 Å². The first-order chi connectivity index (χ1) is 64.8. The van der Waals surface area contributed by atoms with Gasteiger partial charge in [0.05, 0.1) is 138 Å². The van der Waals surface area contributed by atoms with E-state index in [1.165, 1.54) is 0 Å². The maximum Gasteiger partial charge on any atom is 0.132 e. The van der Waals surface area contributed by atoms with E-state index < -0.39 is 112 Å². The van der Waals surface area contributed by atoms with Crippen LogP contribution in [0, 0.1) is 0 Å². The molecule has 5 rings (SSSR count). The molecule has 5 aromatic carbocycles. The van der Waals surface area contributed by atoms with Crippen LogP contribution in [-0.4, -0.2) is 134 Å². The lowest BCUT2D eigenvalue weighted by Crippen LogP contribution is -2.36. The van der Waals surface area contributed by atoms with E-state index in [1.807, 2.05) is 152 Å². The number of rotatable bonds is 48. The summed E-state index contributed by atoms with van der Waals surface area (Å²) < 4.78 is 24.3. The molecule has 0 amide bonds. The van der Waals surface area contributed by atoms with Crippen LogP contribution in [0.25, 0.3) is 0 Å². The lowest BCUT2D eigenvalue weighted by molar-refractivity contribution is 0.0128. The Morgan fingerprint density at radius 1 is 0.140 bits per heavy atom. The monoisotopic (exact) mass is 2020 g/mol. The Morgan fingerprint density at radius 2 is 0.217 bits per heavy atom. The third kappa shape index (κ3) is 30.0. The highest BCUT2D eigenvalue weighted by atomic mass is 16.5. The molecule has 0 aliphatic heterocycles. The van der Waals surface area contributed by atoms with Crippen LogP contribution in [0.5, 0.6) is 28.7 Å². The Labute approximate surface area is 863 Å². The number of hydrogen-bond acceptors (Lipinski definition) is 25. The van der Waals surface area contributed by atoms with E-state index in [-0.39, 0.29) is 16.9 Å². The molecule has 5 aromatic rings. The zero-order valence-electron chi connectivity index (χ0n) is 97.4. The highest BCUT2D eigenvalue weighted by molar-refractivity contribution is 5.64. The quantitative estimate of drug-likeness (QED) is 0.0172. The number of hydrogen-bond donors (Lipinski definition) is 21. The summed E-state index contributed by atoms with van der Waals surface area (Å²) in [5.41, 5.74) is -16.5. The van der Waals surface area contributed by atoms with Crippen molar-refractivity contribution in [3.8, 4) is 28.7 Å². The smallest absolute Gasteiger partial charge is 0.132 e. The largest absolute Gasteiger partial charge is 0.507 e. The summed E-state index contributed by atoms with van der Waals surface area (Å²) in [5, 5.41) is 236. The van der Waals surface area contributed by atoms with Gasteiger partial charge in [-0.15, -0.1) is 0 Å². The topological polar surface area (TPSA) is 462 Å². The van der Waals surface area contributed by atoms with Crippen molar-refractivity contribution < 1.29 is 126 Å². The summed E-state index contributed by atoms with van der Waals surface area (Å²) in [7, 11) is 0. The number of phenols is 1. The van der Waals surface area contributed by atoms with Gasteiger partial charge in [0.25, 0.3) is 0 Å². The molecule has 143 heavy (non-hydrogen) atoms. The molecular formula is C118H206O25. The second-order valence-corrected chi connectivity index (χ2v) is 44.6. The average molecular weight is 2020 g/mol. The maximum atomic E-state index is 11.3. The summed E-state index contributed by atoms with van der Waals surface area (Å²) in [6, 6.07) is 8.68. The fourth-order valence-electron chi connectivity index (χ4n) is 17.7. The highest BCUT2D eigenvalue weighted by Crippen LogP contribution is 2.58. The predicted molar refractivity (Wildman–Crippen MR) is 576 cm³/mol. The van der Waals surface area contributed by atoms with Gasteiger partial charge in [-0.1, -0.05) is 138 Å². The molecule has 0 aliphatic carbocycles. The minimum absolute atomic E-state index is 0.205. The Morgan fingerprint density at radius 3 is 0.294 bits per heavy atom. The summed E-state index contributed by atoms with van der Waals surface area (Å²) in [6.07, 6.45) is 7.89. The Balaban J connectivity index is 0.000000894. The molecule has 20 atom stereocenters. The van der Waals surface area contributed by atoms with Crippen molar-refractivity contribution in [1.82, 2.24) is 0 Å². The van der Waals surface area contributed by atoms with Gasteiger partial charge in [-0.05, 0) is 381 Å². The van der Waals surface area contributed by atoms with E-state index >= 15 is 0 Å². The van der Waals surface area contributed by atoms with Gasteiger partial charge in [0.2, 0.25) is 0 Å². The van der Waals surface area contributed by atoms with Crippen LogP contribution >= 0.6 is 0 Å². The van der Waals surface area contributed by atoms with Crippen LogP contribution in [0.2, 0.25) is 0 Å². The molecule has 0 aromatic heterocycles. The number of aromatic hydroxyl groups is 1. The fourth-order valence-corrected chi connectivity index (χ4v) is 17.7. The molecule has 25 nitrogen and oxygen atoms in total. The van der Waals surface area contributed by atoms with E-state index in [2.05, 4.69) is 0 Å². The third-order valence-corrected chi connectivity index (χ3v) is 32.5. The maximum absolute atomic E-state index is 11.3. The predicted octanol–water partition coefficient (Wildman–Crippen LogP) is 22.1. The van der Waals surface area contributed by atoms with Crippen LogP contribution in [-0.2, 0) is 112 Å². The van der Waals surface area contributed by atoms with Gasteiger partial charge in [0, 0.05) is 55.6 Å². The summed E-state index contributed by atoms with van der Waals surface area (Å²) >= 11 is 0. The van der Waals surface area contributed by atoms with Gasteiger partial charge >= 0.3 is 0 Å². The van der Waals surface area contributed by atoms with E-state index in [1.54, 1.807) is 183 Å². The van der Waals surface area contributed by atoms with Gasteiger partial charge in [-0.2, -0.15) is 0 Å². The molecule has 0 aliphatic rings. The van der Waals surface area contributed by atoms with Crippen LogP contribution in [0.3, 0.4) is 0 Å². The van der Waals surface area contributed by atoms with Crippen LogP contribution in [0.1, 0.15) is 544 Å². The number of phenolic OH excluding ortho intramolecular Hbond substituents is 1. The van der Waals surface area contributed by atoms with Crippen LogP contribution < -0.4 is 18.9 Å². The van der Waals surface area contributed by atoms with E-state index in [0.717, 1.165) is 0 Å². The zero-order chi connectivity index (χ0) is 113. The molecule has 0 spiro atoms. The van der Waals surface area contributed by atoms with Gasteiger partial charge in [0.1, 0.15) is 28.7 Å². The van der Waals surface area contributed by atoms with E-state index in [9.17, 15) is 107 Å². The van der Waals surface area contributed by atoms with Crippen LogP contribution in [0.4, 0.5) is 0 Å². The summed E-state index contributed by atoms with van der Waals surface area (Å²) in [4.78, 5) is 0. The lowest BCUT2D eigenvalue weighted by Gasteiger charge is -2.40. The number of aliphatic hydroxyl groups is 20. The second kappa shape index (κ2) is 50.5. The molecule has 828 valence electrons. The summed E-state index contributed by atoms with van der Waals surface area (Å²) in [6.45, 7) is 79.4. The Bertz CT molecular complexity index is 4120. The van der Waals surface area contributed by atoms with E-state index in [4.69, 9.17) is 18.9 Å². The Kier molecular flexibility index (Phi) is 47.8. The first-order valence-electron chi connectivity index (χ1n) is 53.6. The zero-order valence-corrected chi connectivity index (χ0v) is 97.4. The standard InChI is InChI=1S/4C24H42O5.C22H38O5/c4*1-10-21(6,25)16-15-17(22(7,26)11-2)19(24(9,28)13-4)20(29-14-5)18(16)23(8,27)12-3;1-9-19(5,24)14-13-15(20(6,25)10-2)17(22(8,27)12-4)18(23)16(14)21(7,26)11-3/h4*15,25-28H,10-14H2,1-9H3;13,23-27H,9-12H2,1-8H3. The van der Waals surface area contributed by atoms with Crippen molar-refractivity contribution in [2.24, 2.45) is 0 Å². The van der Waals surface area contributed by atoms with Crippen molar-refractivity contribution in [2.75, 3.05) is 26.4 Å². The molecule has 20 unspecified atom stereocenters. The first-order valence-corrected chi connectivity index (χ1v) is 53.6. The number of ether oxygens (including phenoxy) is 4. The lowest BCUT2D eigenvalue weighted by atomic mass is 9.72. The van der Waals surface area contributed by atoms with Gasteiger partial charge < -0.3 is 126 Å². The van der Waals surface area contributed by atoms with Crippen molar-refractivity contribution in [3.05, 3.63) is 142 Å². The highest BCUT2D eigenvalue weighted by Gasteiger charge is 2.51. The number of benzene rings is 5. The molecule has 0 fully saturated rings. The molecule has 25 heteroatoms. The van der Waals surface area contributed by atoms with E-state index in [0.29, 0.717) is 278 Å². The first kappa shape index (κ1) is 135. The molecule has 0 heterocycles. The van der Waals surface area contributed by atoms with Crippen LogP contribution in [0.15, 0.2) is 30.3 Å². The van der Waals surface area contributed by atoms with Crippen molar-refractivity contribution in [1.29, 1.82) is 0 Å². The molecule has 0 saturated heterocycles. The minimum Gasteiger partial charge on any atom is -0.507 e. The summed E-state index contributed by atoms with van der Waals surface area (Å²) in [5.74, 6) is 1.19. The molecule has 0 saturated carbocycles. The van der Waals surface area contributed by atoms with Gasteiger partial charge in [-0.25, -0.2) is 0 Å². The van der Waals surface area contributed by atoms with Crippen molar-refractivity contribution >= 4 is 0 Å². The Hall–Kier alpha value is -5.70. The fraction of sp³-hybridized carbons (Fsp3) is 0.746. The van der Waals surface area contributed by atoms with Gasteiger partial charge in [0.15, 0.2) is 0 Å². The average Bonchev–Trinajstić information content (AvgIpc) is 0.744. The second-order valence-electron chi connectivity index (χ2n) is 44.6. The molecule has 21 N–H and O–H groups in total. The minimum atomic E-state index is -1.41. The molecule has 0 radical (unpaired) electrons. The SMILES string of the molecule is CCC(C)(O)c1cc(C(C)(O)CC)c(C(C)(O)CC)c(O)c1C(C)(O)CC.CCOc1c(C(C)(O)CC)c(C(C)(O)CC)cc(C(C)(O)CC)c1C(C)(O)CC.CCOc1c(C(C)(O)CC)c(C(C)(O)CC)cc(C(C)(O)CC)c1C(C)(O)CC.CCOc1c(C(C)(O)CC)c(C(C)(O)CC)cc(C(C)(O)CC)c1C(C)(O)CC.CCOc1c(C(C)(O)CC)c(C(C)(O)CC)cc(C(C)(O)CC)c1C(C)(O)CC.